The van der Waals surface area contributed by atoms with Crippen LogP contribution in [-0.4, -0.2) is 37.2 Å². The van der Waals surface area contributed by atoms with Crippen molar-refractivity contribution in [2.75, 3.05) is 13.2 Å². The second kappa shape index (κ2) is 70.1. The van der Waals surface area contributed by atoms with E-state index < -0.39 is 6.10 Å². The minimum atomic E-state index is -0.766. The molecule has 0 aromatic carbocycles. The van der Waals surface area contributed by atoms with Crippen molar-refractivity contribution in [3.8, 4) is 0 Å². The smallest absolute Gasteiger partial charge is 0.306 e. The molecular weight excluding hydrogens is 997 g/mol. The second-order valence-electron chi connectivity index (χ2n) is 24.9. The first-order chi connectivity index (χ1) is 40.0. The van der Waals surface area contributed by atoms with Crippen LogP contribution in [-0.2, 0) is 28.6 Å². The number of unbranched alkanes of at least 4 members (excludes halogenated alkanes) is 51. The molecule has 0 saturated heterocycles. The molecule has 0 aromatic rings. The number of esters is 3. The highest BCUT2D eigenvalue weighted by Gasteiger charge is 2.19. The number of allylic oxidation sites excluding steroid dienone is 6. The van der Waals surface area contributed by atoms with Crippen molar-refractivity contribution in [2.45, 2.75) is 412 Å². The Morgan fingerprint density at radius 2 is 0.444 bits per heavy atom. The molecule has 0 heterocycles. The van der Waals surface area contributed by atoms with Crippen LogP contribution in [0.3, 0.4) is 0 Å². The quantitative estimate of drug-likeness (QED) is 0.0261. The van der Waals surface area contributed by atoms with Gasteiger partial charge in [-0.1, -0.05) is 346 Å². The van der Waals surface area contributed by atoms with Crippen molar-refractivity contribution in [2.24, 2.45) is 0 Å². The van der Waals surface area contributed by atoms with Gasteiger partial charge < -0.3 is 14.2 Å². The molecule has 6 nitrogen and oxygen atoms in total. The topological polar surface area (TPSA) is 78.9 Å². The average molecular weight is 1140 g/mol. The van der Waals surface area contributed by atoms with E-state index in [4.69, 9.17) is 14.2 Å². The Morgan fingerprint density at radius 3 is 0.691 bits per heavy atom. The van der Waals surface area contributed by atoms with E-state index in [-0.39, 0.29) is 31.1 Å². The molecule has 0 saturated carbocycles. The van der Waals surface area contributed by atoms with E-state index in [9.17, 15) is 14.4 Å². The summed E-state index contributed by atoms with van der Waals surface area (Å²) >= 11 is 0. The Labute approximate surface area is 506 Å². The van der Waals surface area contributed by atoms with Crippen LogP contribution in [0, 0.1) is 0 Å². The molecule has 0 N–H and O–H groups in total. The van der Waals surface area contributed by atoms with Crippen molar-refractivity contribution in [3.05, 3.63) is 36.5 Å². The fourth-order valence-electron chi connectivity index (χ4n) is 11.1. The fraction of sp³-hybridized carbons (Fsp3) is 0.880. The van der Waals surface area contributed by atoms with E-state index in [0.717, 1.165) is 70.6 Å². The zero-order valence-corrected chi connectivity index (χ0v) is 54.8. The molecule has 0 spiro atoms. The molecule has 0 aliphatic rings. The van der Waals surface area contributed by atoms with Gasteiger partial charge in [-0.2, -0.15) is 0 Å². The number of rotatable bonds is 68. The highest BCUT2D eigenvalue weighted by atomic mass is 16.6. The molecule has 0 aromatic heterocycles. The van der Waals surface area contributed by atoms with Gasteiger partial charge in [0, 0.05) is 19.3 Å². The molecule has 476 valence electrons. The minimum Gasteiger partial charge on any atom is -0.462 e. The Balaban J connectivity index is 3.90. The van der Waals surface area contributed by atoms with Gasteiger partial charge in [-0.05, 0) is 77.0 Å². The first-order valence-electron chi connectivity index (χ1n) is 36.5. The Bertz CT molecular complexity index is 1350. The summed E-state index contributed by atoms with van der Waals surface area (Å²) in [5.74, 6) is -0.854. The lowest BCUT2D eigenvalue weighted by Crippen LogP contribution is -2.30. The molecule has 0 bridgehead atoms. The van der Waals surface area contributed by atoms with Gasteiger partial charge in [-0.3, -0.25) is 14.4 Å². The number of carbonyl (C=O) groups excluding carboxylic acids is 3. The molecular formula is C75H140O6. The van der Waals surface area contributed by atoms with Crippen molar-refractivity contribution >= 4 is 17.9 Å². The lowest BCUT2D eigenvalue weighted by Gasteiger charge is -2.18. The molecule has 0 aliphatic heterocycles. The van der Waals surface area contributed by atoms with Gasteiger partial charge in [0.2, 0.25) is 0 Å². The van der Waals surface area contributed by atoms with Crippen LogP contribution in [0.2, 0.25) is 0 Å². The zero-order chi connectivity index (χ0) is 58.5. The Hall–Kier alpha value is -2.37. The summed E-state index contributed by atoms with van der Waals surface area (Å²) in [7, 11) is 0. The van der Waals surface area contributed by atoms with Gasteiger partial charge >= 0.3 is 17.9 Å². The second-order valence-corrected chi connectivity index (χ2v) is 24.9. The van der Waals surface area contributed by atoms with Gasteiger partial charge in [0.15, 0.2) is 6.10 Å². The van der Waals surface area contributed by atoms with Gasteiger partial charge in [0.05, 0.1) is 0 Å². The number of carbonyl (C=O) groups is 3. The van der Waals surface area contributed by atoms with Crippen LogP contribution >= 0.6 is 0 Å². The van der Waals surface area contributed by atoms with Crippen molar-refractivity contribution in [3.63, 3.8) is 0 Å². The molecule has 0 amide bonds. The maximum absolute atomic E-state index is 12.9. The number of ether oxygens (including phenoxy) is 3. The largest absolute Gasteiger partial charge is 0.462 e. The third kappa shape index (κ3) is 68.3. The minimum absolute atomic E-state index is 0.0668. The number of hydrogen-bond donors (Lipinski definition) is 0. The molecule has 0 rings (SSSR count). The standard InChI is InChI=1S/C75H140O6/c1-4-7-10-13-15-17-19-21-23-25-27-29-31-33-35-36-37-38-40-41-43-45-47-49-51-53-55-57-59-62-65-68-74(77)80-71-72(70-79-73(76)67-64-61-12-9-6-3)81-75(78)69-66-63-60-58-56-54-52-50-48-46-44-42-39-34-32-30-28-26-24-22-20-18-16-14-11-8-5-2/h19,21,25-28,72H,4-18,20,22-24,29-71H2,1-3H3/b21-19-,27-25-,28-26-. The zero-order valence-electron chi connectivity index (χ0n) is 54.8. The lowest BCUT2D eigenvalue weighted by atomic mass is 10.0. The molecule has 0 aliphatic carbocycles. The SMILES string of the molecule is CCCCCCC/C=C\C/C=C\CCCCCCCCCCCCCCCCCCCCCC(=O)OCC(COC(=O)CCCCCCC)OC(=O)CCCCCCCCCCCCCCCCC/C=C\CCCCCCCCCC. The summed E-state index contributed by atoms with van der Waals surface area (Å²) < 4.78 is 16.8. The van der Waals surface area contributed by atoms with E-state index in [1.165, 1.54) is 295 Å². The van der Waals surface area contributed by atoms with Crippen molar-refractivity contribution in [1.29, 1.82) is 0 Å². The maximum Gasteiger partial charge on any atom is 0.306 e. The molecule has 0 fully saturated rings. The van der Waals surface area contributed by atoms with Crippen LogP contribution in [0.1, 0.15) is 406 Å². The predicted molar refractivity (Wildman–Crippen MR) is 353 cm³/mol. The third-order valence-corrected chi connectivity index (χ3v) is 16.6. The molecule has 1 atom stereocenters. The first-order valence-corrected chi connectivity index (χ1v) is 36.5. The molecule has 81 heavy (non-hydrogen) atoms. The van der Waals surface area contributed by atoms with Gasteiger partial charge in [-0.25, -0.2) is 0 Å². The van der Waals surface area contributed by atoms with Gasteiger partial charge in [0.25, 0.3) is 0 Å². The predicted octanol–water partition coefficient (Wildman–Crippen LogP) is 25.1. The van der Waals surface area contributed by atoms with Gasteiger partial charge in [0.1, 0.15) is 13.2 Å². The summed E-state index contributed by atoms with van der Waals surface area (Å²) in [5, 5.41) is 0. The van der Waals surface area contributed by atoms with E-state index in [0.29, 0.717) is 19.3 Å². The summed E-state index contributed by atoms with van der Waals surface area (Å²) in [6.45, 7) is 6.62. The van der Waals surface area contributed by atoms with Gasteiger partial charge in [-0.15, -0.1) is 0 Å². The third-order valence-electron chi connectivity index (χ3n) is 16.6. The Morgan fingerprint density at radius 1 is 0.247 bits per heavy atom. The molecule has 1 unspecified atom stereocenters. The van der Waals surface area contributed by atoms with E-state index >= 15 is 0 Å². The van der Waals surface area contributed by atoms with Crippen LogP contribution in [0.4, 0.5) is 0 Å². The highest BCUT2D eigenvalue weighted by molar-refractivity contribution is 5.71. The van der Waals surface area contributed by atoms with Crippen molar-refractivity contribution in [1.82, 2.24) is 0 Å². The van der Waals surface area contributed by atoms with E-state index in [1.807, 2.05) is 0 Å². The normalized spacial score (nSPS) is 12.2. The van der Waals surface area contributed by atoms with E-state index in [1.54, 1.807) is 0 Å². The fourth-order valence-corrected chi connectivity index (χ4v) is 11.1. The summed E-state index contributed by atoms with van der Waals surface area (Å²) in [6.07, 6.45) is 88.2. The Kier molecular flexibility index (Phi) is 68.1. The first kappa shape index (κ1) is 78.6. The van der Waals surface area contributed by atoms with Crippen LogP contribution in [0.15, 0.2) is 36.5 Å². The maximum atomic E-state index is 12.9. The average Bonchev–Trinajstić information content (AvgIpc) is 3.47. The van der Waals surface area contributed by atoms with Crippen LogP contribution in [0.25, 0.3) is 0 Å². The number of hydrogen-bond acceptors (Lipinski definition) is 6. The summed E-state index contributed by atoms with van der Waals surface area (Å²) in [6, 6.07) is 0. The summed E-state index contributed by atoms with van der Waals surface area (Å²) in [5.41, 5.74) is 0. The van der Waals surface area contributed by atoms with Crippen LogP contribution < -0.4 is 0 Å². The lowest BCUT2D eigenvalue weighted by molar-refractivity contribution is -0.167. The van der Waals surface area contributed by atoms with Crippen molar-refractivity contribution < 1.29 is 28.6 Å². The summed E-state index contributed by atoms with van der Waals surface area (Å²) in [4.78, 5) is 38.0. The van der Waals surface area contributed by atoms with Crippen LogP contribution in [0.5, 0.6) is 0 Å². The monoisotopic (exact) mass is 1140 g/mol. The molecule has 0 radical (unpaired) electrons. The molecule has 6 heteroatoms. The van der Waals surface area contributed by atoms with E-state index in [2.05, 4.69) is 57.2 Å². The highest BCUT2D eigenvalue weighted by Crippen LogP contribution is 2.19.